The topological polar surface area (TPSA) is 67.9 Å². The molecule has 1 N–H and O–H groups in total. The number of hydrazine groups is 1. The van der Waals surface area contributed by atoms with E-state index in [-0.39, 0.29) is 4.32 Å². The van der Waals surface area contributed by atoms with Crippen molar-refractivity contribution in [1.82, 2.24) is 10.4 Å². The van der Waals surface area contributed by atoms with Crippen LogP contribution in [0.2, 0.25) is 0 Å². The Labute approximate surface area is 221 Å². The summed E-state index contributed by atoms with van der Waals surface area (Å²) in [5.41, 5.74) is 5.82. The number of thioether (sulfide) groups is 1. The van der Waals surface area contributed by atoms with Gasteiger partial charge in [-0.05, 0) is 72.7 Å². The molecule has 0 atom stereocenters. The van der Waals surface area contributed by atoms with Gasteiger partial charge in [-0.25, -0.2) is 0 Å². The highest BCUT2D eigenvalue weighted by atomic mass is 79.9. The smallest absolute Gasteiger partial charge is 0.285 e. The number of aryl methyl sites for hydroxylation is 1. The molecule has 0 aromatic heterocycles. The Hall–Kier alpha value is -3.14. The van der Waals surface area contributed by atoms with Crippen LogP contribution in [0.25, 0.3) is 6.08 Å². The molecule has 1 fully saturated rings. The van der Waals surface area contributed by atoms with Crippen LogP contribution in [-0.2, 0) is 11.4 Å². The number of nitrogens with one attached hydrogen (secondary N) is 1. The van der Waals surface area contributed by atoms with Gasteiger partial charge in [0.25, 0.3) is 11.8 Å². The molecule has 1 saturated heterocycles. The quantitative estimate of drug-likeness (QED) is 0.283. The number of ether oxygens (including phenoxy) is 2. The van der Waals surface area contributed by atoms with Crippen molar-refractivity contribution >= 4 is 62.1 Å². The highest BCUT2D eigenvalue weighted by molar-refractivity contribution is 9.10. The molecular weight excluding hydrogens is 548 g/mol. The summed E-state index contributed by atoms with van der Waals surface area (Å²) >= 11 is 9.90. The molecule has 6 nitrogen and oxygen atoms in total. The minimum atomic E-state index is -0.406. The molecule has 3 aromatic rings. The molecular formula is C26H21BrN2O4S2. The van der Waals surface area contributed by atoms with E-state index in [9.17, 15) is 9.59 Å². The maximum atomic E-state index is 12.9. The third kappa shape index (κ3) is 6.11. The number of rotatable bonds is 7. The Morgan fingerprint density at radius 1 is 1.11 bits per heavy atom. The minimum Gasteiger partial charge on any atom is -0.493 e. The van der Waals surface area contributed by atoms with E-state index in [2.05, 4.69) is 21.4 Å². The Morgan fingerprint density at radius 2 is 1.89 bits per heavy atom. The monoisotopic (exact) mass is 568 g/mol. The summed E-state index contributed by atoms with van der Waals surface area (Å²) in [7, 11) is 1.56. The summed E-state index contributed by atoms with van der Waals surface area (Å²) in [6.07, 6.45) is 1.71. The van der Waals surface area contributed by atoms with Crippen LogP contribution in [0.5, 0.6) is 11.5 Å². The van der Waals surface area contributed by atoms with Gasteiger partial charge < -0.3 is 9.47 Å². The average Bonchev–Trinajstić information content (AvgIpc) is 3.10. The van der Waals surface area contributed by atoms with Crippen molar-refractivity contribution in [2.45, 2.75) is 13.5 Å². The SMILES string of the molecule is COc1cc(/C=C2/SC(=S)N(NC(=O)c3ccc(C)cc3)C2=O)ccc1OCc1cccc(Br)c1. The first kappa shape index (κ1) is 25.0. The van der Waals surface area contributed by atoms with Crippen molar-refractivity contribution in [1.29, 1.82) is 0 Å². The Morgan fingerprint density at radius 3 is 2.60 bits per heavy atom. The van der Waals surface area contributed by atoms with E-state index < -0.39 is 11.8 Å². The van der Waals surface area contributed by atoms with E-state index in [1.54, 1.807) is 37.5 Å². The van der Waals surface area contributed by atoms with Gasteiger partial charge in [0, 0.05) is 10.0 Å². The molecule has 3 aromatic carbocycles. The molecule has 0 saturated carbocycles. The number of methoxy groups -OCH3 is 1. The van der Waals surface area contributed by atoms with Crippen LogP contribution in [0.4, 0.5) is 0 Å². The largest absolute Gasteiger partial charge is 0.493 e. The fraction of sp³-hybridized carbons (Fsp3) is 0.115. The number of benzene rings is 3. The molecule has 1 aliphatic rings. The van der Waals surface area contributed by atoms with Crippen LogP contribution >= 0.6 is 39.9 Å². The lowest BCUT2D eigenvalue weighted by atomic mass is 10.1. The zero-order chi connectivity index (χ0) is 24.9. The van der Waals surface area contributed by atoms with Gasteiger partial charge in [-0.3, -0.25) is 15.0 Å². The van der Waals surface area contributed by atoms with Crippen molar-refractivity contribution < 1.29 is 19.1 Å². The number of hydrogen-bond donors (Lipinski definition) is 1. The van der Waals surface area contributed by atoms with Crippen molar-refractivity contribution in [2.24, 2.45) is 0 Å². The van der Waals surface area contributed by atoms with Gasteiger partial charge in [-0.2, -0.15) is 5.01 Å². The second-order valence-corrected chi connectivity index (χ2v) is 10.2. The average molecular weight is 570 g/mol. The fourth-order valence-corrected chi connectivity index (χ4v) is 4.89. The number of carbonyl (C=O) groups is 2. The van der Waals surface area contributed by atoms with Gasteiger partial charge in [0.1, 0.15) is 6.61 Å². The standard InChI is InChI=1S/C26H21BrN2O4S2/c1-16-6-9-19(10-7-16)24(30)28-29-25(31)23(35-26(29)34)14-17-8-11-21(22(13-17)32-2)33-15-18-4-3-5-20(27)12-18/h3-14H,15H2,1-2H3,(H,28,30)/b23-14+. The highest BCUT2D eigenvalue weighted by Gasteiger charge is 2.33. The first-order valence-corrected chi connectivity index (χ1v) is 12.6. The molecule has 1 aliphatic heterocycles. The lowest BCUT2D eigenvalue weighted by Gasteiger charge is -2.15. The zero-order valence-corrected chi connectivity index (χ0v) is 22.1. The van der Waals surface area contributed by atoms with E-state index in [0.29, 0.717) is 28.6 Å². The van der Waals surface area contributed by atoms with Gasteiger partial charge in [0.15, 0.2) is 15.8 Å². The lowest BCUT2D eigenvalue weighted by Crippen LogP contribution is -2.44. The van der Waals surface area contributed by atoms with Crippen molar-refractivity contribution in [2.75, 3.05) is 7.11 Å². The Kier molecular flexibility index (Phi) is 7.90. The van der Waals surface area contributed by atoms with E-state index in [1.165, 1.54) is 0 Å². The van der Waals surface area contributed by atoms with Crippen LogP contribution in [-0.4, -0.2) is 28.3 Å². The molecule has 4 rings (SSSR count). The number of carbonyl (C=O) groups excluding carboxylic acids is 2. The van der Waals surface area contributed by atoms with Gasteiger partial charge >= 0.3 is 0 Å². The normalized spacial score (nSPS) is 14.4. The molecule has 0 aliphatic carbocycles. The summed E-state index contributed by atoms with van der Waals surface area (Å²) in [4.78, 5) is 25.9. The Balaban J connectivity index is 1.46. The maximum Gasteiger partial charge on any atom is 0.285 e. The molecule has 9 heteroatoms. The van der Waals surface area contributed by atoms with Crippen LogP contribution in [0, 0.1) is 6.92 Å². The molecule has 1 heterocycles. The minimum absolute atomic E-state index is 0.252. The van der Waals surface area contributed by atoms with Crippen molar-refractivity contribution in [3.8, 4) is 11.5 Å². The summed E-state index contributed by atoms with van der Waals surface area (Å²) in [5.74, 6) is 0.324. The van der Waals surface area contributed by atoms with Crippen LogP contribution in [0.15, 0.2) is 76.1 Å². The summed E-state index contributed by atoms with van der Waals surface area (Å²) in [6.45, 7) is 2.32. The van der Waals surface area contributed by atoms with E-state index in [1.807, 2.05) is 49.4 Å². The molecule has 0 bridgehead atoms. The summed E-state index contributed by atoms with van der Waals surface area (Å²) < 4.78 is 12.7. The summed E-state index contributed by atoms with van der Waals surface area (Å²) in [6, 6.07) is 20.3. The van der Waals surface area contributed by atoms with E-state index in [0.717, 1.165) is 37.9 Å². The fourth-order valence-electron chi connectivity index (χ4n) is 3.27. The number of nitrogens with zero attached hydrogens (tertiary/aromatic N) is 1. The van der Waals surface area contributed by atoms with Gasteiger partial charge in [0.05, 0.1) is 12.0 Å². The predicted molar refractivity (Wildman–Crippen MR) is 145 cm³/mol. The number of halogens is 1. The second-order valence-electron chi connectivity index (χ2n) is 7.65. The lowest BCUT2D eigenvalue weighted by molar-refractivity contribution is -0.123. The highest BCUT2D eigenvalue weighted by Crippen LogP contribution is 2.34. The third-order valence-electron chi connectivity index (χ3n) is 5.09. The van der Waals surface area contributed by atoms with Crippen molar-refractivity contribution in [3.63, 3.8) is 0 Å². The van der Waals surface area contributed by atoms with Crippen LogP contribution in [0.1, 0.15) is 27.0 Å². The van der Waals surface area contributed by atoms with E-state index in [4.69, 9.17) is 21.7 Å². The molecule has 35 heavy (non-hydrogen) atoms. The molecule has 0 radical (unpaired) electrons. The maximum absolute atomic E-state index is 12.9. The molecule has 178 valence electrons. The van der Waals surface area contributed by atoms with Gasteiger partial charge in [-0.1, -0.05) is 63.6 Å². The summed E-state index contributed by atoms with van der Waals surface area (Å²) in [5, 5.41) is 1.10. The van der Waals surface area contributed by atoms with Crippen molar-refractivity contribution in [3.05, 3.63) is 98.4 Å². The first-order chi connectivity index (χ1) is 16.8. The number of amides is 2. The molecule has 0 unspecified atom stereocenters. The first-order valence-electron chi connectivity index (χ1n) is 10.5. The van der Waals surface area contributed by atoms with Gasteiger partial charge in [-0.15, -0.1) is 0 Å². The van der Waals surface area contributed by atoms with E-state index >= 15 is 0 Å². The number of thiocarbonyl (C=S) groups is 1. The molecule has 2 amide bonds. The second kappa shape index (κ2) is 11.1. The Bertz CT molecular complexity index is 1330. The van der Waals surface area contributed by atoms with Crippen LogP contribution in [0.3, 0.4) is 0 Å². The predicted octanol–water partition coefficient (Wildman–Crippen LogP) is 5.89. The third-order valence-corrected chi connectivity index (χ3v) is 6.89. The number of hydrogen-bond acceptors (Lipinski definition) is 6. The molecule has 0 spiro atoms. The zero-order valence-electron chi connectivity index (χ0n) is 18.9. The van der Waals surface area contributed by atoms with Crippen LogP contribution < -0.4 is 14.9 Å². The van der Waals surface area contributed by atoms with Gasteiger partial charge in [0.2, 0.25) is 0 Å².